The summed E-state index contributed by atoms with van der Waals surface area (Å²) in [6.45, 7) is 0. The van der Waals surface area contributed by atoms with E-state index in [9.17, 15) is 20.2 Å². The van der Waals surface area contributed by atoms with E-state index in [1.807, 2.05) is 18.2 Å². The maximum absolute atomic E-state index is 11.4. The van der Waals surface area contributed by atoms with Crippen molar-refractivity contribution in [2.45, 2.75) is 5.92 Å². The standard InChI is InChI=1S/C22H13N2O4SSe/c25-23(26)14-6-8-16-17-9-7-15(24(27)28)11-19(17)21(18(16)10-14)22-29-20(12-30-22)13-4-2-1-3-5-13/h1-12,21H/q+1. The maximum atomic E-state index is 11.4. The van der Waals surface area contributed by atoms with Gasteiger partial charge in [-0.2, -0.15) is 0 Å². The molecule has 0 N–H and O–H groups in total. The number of benzene rings is 3. The number of nitro benzene ring substituents is 2. The summed E-state index contributed by atoms with van der Waals surface area (Å²) >= 11 is 1.75. The van der Waals surface area contributed by atoms with Crippen molar-refractivity contribution in [3.63, 3.8) is 0 Å². The minimum atomic E-state index is -0.395. The Morgan fingerprint density at radius 1 is 0.800 bits per heavy atom. The number of rotatable bonds is 4. The number of fused-ring (bicyclic) bond motifs is 3. The summed E-state index contributed by atoms with van der Waals surface area (Å²) < 4.78 is 1.18. The Hall–Kier alpha value is -3.19. The Bertz CT molecular complexity index is 1260. The Balaban J connectivity index is 1.70. The van der Waals surface area contributed by atoms with Gasteiger partial charge in [-0.25, -0.2) is 0 Å². The summed E-state index contributed by atoms with van der Waals surface area (Å²) in [5, 5.41) is 22.8. The topological polar surface area (TPSA) is 86.3 Å². The van der Waals surface area contributed by atoms with Crippen LogP contribution in [0.1, 0.15) is 20.8 Å². The molecule has 0 amide bonds. The van der Waals surface area contributed by atoms with Gasteiger partial charge in [-0.3, -0.25) is 0 Å². The van der Waals surface area contributed by atoms with Gasteiger partial charge in [0.15, 0.2) is 0 Å². The van der Waals surface area contributed by atoms with Gasteiger partial charge in [0, 0.05) is 0 Å². The van der Waals surface area contributed by atoms with Crippen molar-refractivity contribution in [3.8, 4) is 21.6 Å². The molecule has 1 aliphatic rings. The molecule has 1 aliphatic carbocycles. The number of hydrogen-bond acceptors (Lipinski definition) is 4. The van der Waals surface area contributed by atoms with Gasteiger partial charge in [0.2, 0.25) is 0 Å². The van der Waals surface area contributed by atoms with Crippen LogP contribution in [0.2, 0.25) is 0 Å². The van der Waals surface area contributed by atoms with Crippen molar-refractivity contribution in [1.29, 1.82) is 0 Å². The third-order valence-electron chi connectivity index (χ3n) is 5.19. The first kappa shape index (κ1) is 18.8. The van der Waals surface area contributed by atoms with Crippen molar-refractivity contribution < 1.29 is 9.85 Å². The SMILES string of the molecule is O=[N+]([O-])c1ccc2c(c1)C(c1[s+]c(-c3ccccc3)c[se]1)c1cc([N+](=O)[O-])ccc1-2. The van der Waals surface area contributed by atoms with Crippen LogP contribution in [0, 0.1) is 20.2 Å². The van der Waals surface area contributed by atoms with E-state index >= 15 is 0 Å². The molecule has 0 aliphatic heterocycles. The average Bonchev–Trinajstić information content (AvgIpc) is 3.35. The first-order chi connectivity index (χ1) is 14.5. The Kier molecular flexibility index (Phi) is 4.55. The van der Waals surface area contributed by atoms with E-state index in [-0.39, 0.29) is 31.8 Å². The van der Waals surface area contributed by atoms with E-state index in [1.165, 1.54) is 15.9 Å². The van der Waals surface area contributed by atoms with Crippen LogP contribution in [0.5, 0.6) is 0 Å². The van der Waals surface area contributed by atoms with Gasteiger partial charge in [-0.05, 0) is 0 Å². The zero-order valence-corrected chi connectivity index (χ0v) is 17.9. The van der Waals surface area contributed by atoms with Crippen molar-refractivity contribution in [1.82, 2.24) is 0 Å². The van der Waals surface area contributed by atoms with Gasteiger partial charge >= 0.3 is 181 Å². The fraction of sp³-hybridized carbons (Fsp3) is 0.0455. The molecule has 6 nitrogen and oxygen atoms in total. The van der Waals surface area contributed by atoms with E-state index in [2.05, 4.69) is 17.1 Å². The van der Waals surface area contributed by atoms with Crippen molar-refractivity contribution >= 4 is 37.2 Å². The molecule has 1 heterocycles. The number of nitro groups is 2. The van der Waals surface area contributed by atoms with E-state index in [4.69, 9.17) is 0 Å². The third-order valence-corrected chi connectivity index (χ3v) is 9.29. The van der Waals surface area contributed by atoms with Crippen LogP contribution >= 0.6 is 11.3 Å². The summed E-state index contributed by atoms with van der Waals surface area (Å²) in [5.74, 6) is -0.197. The molecule has 0 saturated carbocycles. The summed E-state index contributed by atoms with van der Waals surface area (Å²) in [4.78, 5) is 25.4. The van der Waals surface area contributed by atoms with E-state index in [0.717, 1.165) is 32.7 Å². The van der Waals surface area contributed by atoms with Crippen LogP contribution in [0.25, 0.3) is 21.6 Å². The molecule has 8 heteroatoms. The predicted molar refractivity (Wildman–Crippen MR) is 117 cm³/mol. The zero-order valence-electron chi connectivity index (χ0n) is 15.3. The van der Waals surface area contributed by atoms with Crippen LogP contribution < -0.4 is 0 Å². The molecule has 0 bridgehead atoms. The molecule has 1 aromatic heterocycles. The molecule has 3 aromatic carbocycles. The third kappa shape index (κ3) is 3.06. The molecule has 0 radical (unpaired) electrons. The first-order valence-electron chi connectivity index (χ1n) is 9.07. The van der Waals surface area contributed by atoms with Gasteiger partial charge < -0.3 is 0 Å². The minimum absolute atomic E-state index is 0.0356. The molecule has 5 rings (SSSR count). The van der Waals surface area contributed by atoms with Crippen LogP contribution in [0.15, 0.2) is 71.7 Å². The Morgan fingerprint density at radius 2 is 1.37 bits per heavy atom. The number of non-ortho nitro benzene ring substituents is 2. The second kappa shape index (κ2) is 7.25. The fourth-order valence-corrected chi connectivity index (χ4v) is 8.02. The first-order valence-corrected chi connectivity index (χ1v) is 11.7. The molecule has 0 saturated heterocycles. The van der Waals surface area contributed by atoms with Crippen molar-refractivity contribution in [3.05, 3.63) is 107 Å². The van der Waals surface area contributed by atoms with Gasteiger partial charge in [0.1, 0.15) is 0 Å². The van der Waals surface area contributed by atoms with Gasteiger partial charge in [-0.1, -0.05) is 0 Å². The molecule has 0 unspecified atom stereocenters. The number of hydrogen-bond donors (Lipinski definition) is 0. The quantitative estimate of drug-likeness (QED) is 0.142. The molecule has 0 fully saturated rings. The van der Waals surface area contributed by atoms with Crippen LogP contribution in [-0.4, -0.2) is 24.4 Å². The van der Waals surface area contributed by atoms with Gasteiger partial charge in [0.05, 0.1) is 0 Å². The van der Waals surface area contributed by atoms with Crippen molar-refractivity contribution in [2.24, 2.45) is 0 Å². The molecule has 146 valence electrons. The summed E-state index contributed by atoms with van der Waals surface area (Å²) in [6, 6.07) is 19.8. The molecule has 0 spiro atoms. The van der Waals surface area contributed by atoms with Crippen LogP contribution in [0.4, 0.5) is 11.4 Å². The molecule has 4 aromatic rings. The zero-order chi connectivity index (χ0) is 20.8. The molecular formula is C22H13N2O4SSe+. The fourth-order valence-electron chi connectivity index (χ4n) is 3.84. The monoisotopic (exact) mass is 481 g/mol. The second-order valence-electron chi connectivity index (χ2n) is 6.88. The Morgan fingerprint density at radius 3 is 1.90 bits per heavy atom. The van der Waals surface area contributed by atoms with Gasteiger partial charge in [-0.15, -0.1) is 0 Å². The summed E-state index contributed by atoms with van der Waals surface area (Å²) in [7, 11) is 0. The van der Waals surface area contributed by atoms with Crippen molar-refractivity contribution in [2.75, 3.05) is 0 Å². The van der Waals surface area contributed by atoms with Crippen LogP contribution in [0.3, 0.4) is 0 Å². The molecular weight excluding hydrogens is 467 g/mol. The molecule has 30 heavy (non-hydrogen) atoms. The van der Waals surface area contributed by atoms with E-state index in [1.54, 1.807) is 35.6 Å². The van der Waals surface area contributed by atoms with E-state index < -0.39 is 9.85 Å². The normalized spacial score (nSPS) is 12.4. The van der Waals surface area contributed by atoms with E-state index in [0.29, 0.717) is 0 Å². The summed E-state index contributed by atoms with van der Waals surface area (Å²) in [5.41, 5.74) is 4.73. The van der Waals surface area contributed by atoms with Gasteiger partial charge in [0.25, 0.3) is 0 Å². The Labute approximate surface area is 181 Å². The summed E-state index contributed by atoms with van der Waals surface area (Å²) in [6.07, 6.45) is 0. The number of nitrogens with zero attached hydrogens (tertiary/aromatic N) is 2. The average molecular weight is 480 g/mol. The second-order valence-corrected chi connectivity index (χ2v) is 10.5. The predicted octanol–water partition coefficient (Wildman–Crippen LogP) is 5.73. The van der Waals surface area contributed by atoms with Crippen LogP contribution in [-0.2, 0) is 0 Å². The molecule has 0 atom stereocenters.